The monoisotopic (exact) mass is 269 g/mol. The molecule has 0 amide bonds. The van der Waals surface area contributed by atoms with Crippen LogP contribution in [0.3, 0.4) is 0 Å². The lowest BCUT2D eigenvalue weighted by molar-refractivity contribution is 0.474. The molecule has 2 unspecified atom stereocenters. The Balaban J connectivity index is 2.07. The van der Waals surface area contributed by atoms with Crippen molar-refractivity contribution in [3.8, 4) is 0 Å². The third kappa shape index (κ3) is 2.89. The van der Waals surface area contributed by atoms with Crippen LogP contribution in [0.5, 0.6) is 0 Å². The van der Waals surface area contributed by atoms with E-state index >= 15 is 0 Å². The fraction of sp³-hybridized carbons (Fsp3) is 0.786. The first kappa shape index (κ1) is 13.9. The molecule has 1 saturated carbocycles. The second-order valence-electron chi connectivity index (χ2n) is 5.58. The molecule has 4 heteroatoms. The first-order valence-corrected chi connectivity index (χ1v) is 7.47. The number of hydrogen-bond donors (Lipinski definition) is 1. The highest BCUT2D eigenvalue weighted by Crippen LogP contribution is 2.38. The van der Waals surface area contributed by atoms with Gasteiger partial charge >= 0.3 is 0 Å². The summed E-state index contributed by atoms with van der Waals surface area (Å²) in [6.45, 7) is 7.65. The van der Waals surface area contributed by atoms with Crippen LogP contribution >= 0.6 is 11.6 Å². The van der Waals surface area contributed by atoms with Gasteiger partial charge in [-0.1, -0.05) is 18.5 Å². The first-order valence-electron chi connectivity index (χ1n) is 7.09. The summed E-state index contributed by atoms with van der Waals surface area (Å²) >= 11 is 6.32. The van der Waals surface area contributed by atoms with E-state index in [2.05, 4.69) is 35.9 Å². The summed E-state index contributed by atoms with van der Waals surface area (Å²) in [5.74, 6) is 0.566. The van der Waals surface area contributed by atoms with E-state index in [0.717, 1.165) is 11.6 Å². The SMILES string of the molecule is CCCNC1CCC(c2c(Cl)cnn2C(C)C)C1. The van der Waals surface area contributed by atoms with Gasteiger partial charge in [0.05, 0.1) is 16.9 Å². The number of nitrogens with one attached hydrogen (secondary N) is 1. The van der Waals surface area contributed by atoms with Crippen LogP contribution in [0.1, 0.15) is 64.1 Å². The molecule has 3 nitrogen and oxygen atoms in total. The van der Waals surface area contributed by atoms with Crippen LogP contribution in [-0.4, -0.2) is 22.4 Å². The topological polar surface area (TPSA) is 29.9 Å². The lowest BCUT2D eigenvalue weighted by Gasteiger charge is -2.17. The molecule has 1 aliphatic carbocycles. The van der Waals surface area contributed by atoms with Gasteiger partial charge in [0.2, 0.25) is 0 Å². The van der Waals surface area contributed by atoms with Crippen LogP contribution < -0.4 is 5.32 Å². The van der Waals surface area contributed by atoms with Gasteiger partial charge < -0.3 is 5.32 Å². The fourth-order valence-corrected chi connectivity index (χ4v) is 3.19. The smallest absolute Gasteiger partial charge is 0.0820 e. The molecule has 1 N–H and O–H groups in total. The van der Waals surface area contributed by atoms with Crippen molar-refractivity contribution < 1.29 is 0 Å². The van der Waals surface area contributed by atoms with Crippen molar-refractivity contribution in [1.82, 2.24) is 15.1 Å². The van der Waals surface area contributed by atoms with Crippen molar-refractivity contribution in [3.63, 3.8) is 0 Å². The highest BCUT2D eigenvalue weighted by atomic mass is 35.5. The zero-order valence-electron chi connectivity index (χ0n) is 11.6. The Bertz CT molecular complexity index is 386. The normalized spacial score (nSPS) is 24.1. The van der Waals surface area contributed by atoms with Crippen LogP contribution in [0.2, 0.25) is 5.02 Å². The van der Waals surface area contributed by atoms with E-state index in [4.69, 9.17) is 11.6 Å². The highest BCUT2D eigenvalue weighted by molar-refractivity contribution is 6.31. The summed E-state index contributed by atoms with van der Waals surface area (Å²) in [6.07, 6.45) is 6.66. The van der Waals surface area contributed by atoms with Gasteiger partial charge in [-0.25, -0.2) is 0 Å². The second kappa shape index (κ2) is 6.07. The zero-order valence-corrected chi connectivity index (χ0v) is 12.4. The lowest BCUT2D eigenvalue weighted by Crippen LogP contribution is -2.27. The predicted molar refractivity (Wildman–Crippen MR) is 76.3 cm³/mol. The van der Waals surface area contributed by atoms with Crippen LogP contribution in [0.15, 0.2) is 6.20 Å². The summed E-state index contributed by atoms with van der Waals surface area (Å²) in [4.78, 5) is 0. The minimum absolute atomic E-state index is 0.384. The molecule has 0 spiro atoms. The van der Waals surface area contributed by atoms with Gasteiger partial charge in [-0.3, -0.25) is 4.68 Å². The van der Waals surface area contributed by atoms with E-state index in [9.17, 15) is 0 Å². The van der Waals surface area contributed by atoms with Gasteiger partial charge in [0.1, 0.15) is 0 Å². The molecular weight excluding hydrogens is 246 g/mol. The Kier molecular flexibility index (Phi) is 4.68. The number of nitrogens with zero attached hydrogens (tertiary/aromatic N) is 2. The van der Waals surface area contributed by atoms with Crippen molar-refractivity contribution in [2.45, 2.75) is 64.5 Å². The molecule has 1 aromatic rings. The average Bonchev–Trinajstić information content (AvgIpc) is 2.92. The van der Waals surface area contributed by atoms with Crippen LogP contribution in [0.25, 0.3) is 0 Å². The summed E-state index contributed by atoms with van der Waals surface area (Å²) < 4.78 is 2.09. The molecule has 1 aliphatic rings. The number of hydrogen-bond acceptors (Lipinski definition) is 2. The number of halogens is 1. The molecule has 0 bridgehead atoms. The molecule has 0 aliphatic heterocycles. The van der Waals surface area contributed by atoms with Crippen LogP contribution in [0.4, 0.5) is 0 Å². The van der Waals surface area contributed by atoms with Crippen molar-refractivity contribution in [2.24, 2.45) is 0 Å². The lowest BCUT2D eigenvalue weighted by atomic mass is 10.0. The summed E-state index contributed by atoms with van der Waals surface area (Å²) in [6, 6.07) is 1.04. The second-order valence-corrected chi connectivity index (χ2v) is 5.98. The maximum Gasteiger partial charge on any atom is 0.0820 e. The molecule has 1 fully saturated rings. The molecule has 0 radical (unpaired) electrons. The Morgan fingerprint density at radius 1 is 1.50 bits per heavy atom. The molecule has 18 heavy (non-hydrogen) atoms. The molecule has 102 valence electrons. The van der Waals surface area contributed by atoms with Gasteiger partial charge in [0.25, 0.3) is 0 Å². The largest absolute Gasteiger partial charge is 0.314 e. The Labute approximate surface area is 115 Å². The predicted octanol–water partition coefficient (Wildman–Crippen LogP) is 3.75. The molecule has 2 rings (SSSR count). The molecular formula is C14H24ClN3. The third-order valence-corrected chi connectivity index (χ3v) is 4.07. The minimum atomic E-state index is 0.384. The standard InChI is InChI=1S/C14H24ClN3/c1-4-7-16-12-6-5-11(8-12)14-13(15)9-17-18(14)10(2)3/h9-12,16H,4-8H2,1-3H3. The van der Waals surface area contributed by atoms with Crippen molar-refractivity contribution in [3.05, 3.63) is 16.9 Å². The van der Waals surface area contributed by atoms with Gasteiger partial charge in [-0.05, 0) is 46.1 Å². The van der Waals surface area contributed by atoms with Crippen molar-refractivity contribution >= 4 is 11.6 Å². The Morgan fingerprint density at radius 2 is 2.28 bits per heavy atom. The minimum Gasteiger partial charge on any atom is -0.314 e. The van der Waals surface area contributed by atoms with Gasteiger partial charge in [-0.15, -0.1) is 0 Å². The summed E-state index contributed by atoms with van der Waals surface area (Å²) in [7, 11) is 0. The molecule has 2 atom stereocenters. The van der Waals surface area contributed by atoms with Crippen LogP contribution in [-0.2, 0) is 0 Å². The quantitative estimate of drug-likeness (QED) is 0.882. The van der Waals surface area contributed by atoms with Gasteiger partial charge in [0.15, 0.2) is 0 Å². The Hall–Kier alpha value is -0.540. The number of rotatable bonds is 5. The zero-order chi connectivity index (χ0) is 13.1. The van der Waals surface area contributed by atoms with Crippen molar-refractivity contribution in [2.75, 3.05) is 6.54 Å². The Morgan fingerprint density at radius 3 is 2.94 bits per heavy atom. The number of aromatic nitrogens is 2. The summed E-state index contributed by atoms with van der Waals surface area (Å²) in [5, 5.41) is 8.87. The summed E-state index contributed by atoms with van der Waals surface area (Å²) in [5.41, 5.74) is 1.24. The highest BCUT2D eigenvalue weighted by Gasteiger charge is 2.30. The van der Waals surface area contributed by atoms with Gasteiger partial charge in [-0.2, -0.15) is 5.10 Å². The molecule has 1 heterocycles. The fourth-order valence-electron chi connectivity index (χ4n) is 2.91. The maximum absolute atomic E-state index is 6.32. The van der Waals surface area contributed by atoms with Gasteiger partial charge in [0, 0.05) is 18.0 Å². The maximum atomic E-state index is 6.32. The van der Waals surface area contributed by atoms with E-state index < -0.39 is 0 Å². The average molecular weight is 270 g/mol. The third-order valence-electron chi connectivity index (χ3n) is 3.78. The first-order chi connectivity index (χ1) is 8.63. The van der Waals surface area contributed by atoms with E-state index in [1.165, 1.54) is 31.4 Å². The van der Waals surface area contributed by atoms with E-state index in [-0.39, 0.29) is 0 Å². The van der Waals surface area contributed by atoms with Crippen LogP contribution in [0, 0.1) is 0 Å². The van der Waals surface area contributed by atoms with E-state index in [0.29, 0.717) is 18.0 Å². The molecule has 0 saturated heterocycles. The molecule has 1 aromatic heterocycles. The van der Waals surface area contributed by atoms with E-state index in [1.54, 1.807) is 6.20 Å². The molecule has 0 aromatic carbocycles. The van der Waals surface area contributed by atoms with E-state index in [1.807, 2.05) is 0 Å². The van der Waals surface area contributed by atoms with Crippen molar-refractivity contribution in [1.29, 1.82) is 0 Å².